The number of nitro benzene ring substituents is 1. The summed E-state index contributed by atoms with van der Waals surface area (Å²) in [5.41, 5.74) is 0.00627. The number of Topliss-reactive ketones (excluding diaryl/α,β-unsaturated/α-hetero) is 1. The molecule has 0 N–H and O–H groups in total. The normalized spacial score (nSPS) is 25.8. The van der Waals surface area contributed by atoms with E-state index in [2.05, 4.69) is 5.10 Å². The Bertz CT molecular complexity index is 1230. The van der Waals surface area contributed by atoms with Crippen molar-refractivity contribution in [3.8, 4) is 0 Å². The third kappa shape index (κ3) is 2.83. The predicted molar refractivity (Wildman–Crippen MR) is 110 cm³/mol. The van der Waals surface area contributed by atoms with Crippen molar-refractivity contribution >= 4 is 35.2 Å². The monoisotopic (exact) mass is 434 g/mol. The van der Waals surface area contributed by atoms with Gasteiger partial charge in [0, 0.05) is 23.9 Å². The summed E-state index contributed by atoms with van der Waals surface area (Å²) in [5, 5.41) is 16.8. The van der Waals surface area contributed by atoms with Crippen LogP contribution in [0.3, 0.4) is 0 Å². The van der Waals surface area contributed by atoms with Crippen LogP contribution in [0.4, 0.5) is 15.8 Å². The predicted octanol–water partition coefficient (Wildman–Crippen LogP) is 2.33. The number of non-ortho nitro benzene ring substituents is 1. The average molecular weight is 434 g/mol. The van der Waals surface area contributed by atoms with Gasteiger partial charge in [-0.05, 0) is 30.3 Å². The summed E-state index contributed by atoms with van der Waals surface area (Å²) in [6, 6.07) is 8.44. The van der Waals surface area contributed by atoms with Crippen LogP contribution in [0.2, 0.25) is 0 Å². The minimum absolute atomic E-state index is 0.0498. The Balaban J connectivity index is 1.57. The minimum atomic E-state index is -1.12. The fraction of sp³-hybridized carbons (Fsp3) is 0.182. The molecule has 2 aromatic carbocycles. The van der Waals surface area contributed by atoms with E-state index in [1.807, 2.05) is 0 Å². The third-order valence-corrected chi connectivity index (χ3v) is 5.99. The van der Waals surface area contributed by atoms with E-state index in [0.29, 0.717) is 0 Å². The summed E-state index contributed by atoms with van der Waals surface area (Å²) >= 11 is 0. The van der Waals surface area contributed by atoms with Crippen LogP contribution in [0.25, 0.3) is 0 Å². The molecular formula is C22H15FN4O5. The number of anilines is 1. The molecule has 2 amide bonds. The van der Waals surface area contributed by atoms with Crippen LogP contribution in [-0.4, -0.2) is 45.8 Å². The third-order valence-electron chi connectivity index (χ3n) is 5.99. The zero-order valence-electron chi connectivity index (χ0n) is 16.4. The molecule has 10 heteroatoms. The van der Waals surface area contributed by atoms with Gasteiger partial charge in [-0.2, -0.15) is 5.10 Å². The van der Waals surface area contributed by atoms with Crippen LogP contribution in [-0.2, 0) is 9.59 Å². The zero-order chi connectivity index (χ0) is 22.6. The van der Waals surface area contributed by atoms with Gasteiger partial charge >= 0.3 is 0 Å². The second kappa shape index (κ2) is 7.19. The lowest BCUT2D eigenvalue weighted by Gasteiger charge is -2.30. The summed E-state index contributed by atoms with van der Waals surface area (Å²) in [6.07, 6.45) is 4.79. The van der Waals surface area contributed by atoms with Gasteiger partial charge in [-0.25, -0.2) is 9.29 Å². The van der Waals surface area contributed by atoms with Crippen molar-refractivity contribution in [2.75, 3.05) is 4.90 Å². The van der Waals surface area contributed by atoms with Crippen LogP contribution >= 0.6 is 0 Å². The van der Waals surface area contributed by atoms with E-state index in [1.165, 1.54) is 41.6 Å². The van der Waals surface area contributed by atoms with Crippen molar-refractivity contribution in [1.29, 1.82) is 0 Å². The molecule has 0 spiro atoms. The van der Waals surface area contributed by atoms with E-state index in [-0.39, 0.29) is 16.9 Å². The van der Waals surface area contributed by atoms with Crippen LogP contribution < -0.4 is 4.90 Å². The fourth-order valence-corrected chi connectivity index (χ4v) is 4.63. The van der Waals surface area contributed by atoms with E-state index >= 15 is 0 Å². The number of fused-ring (bicyclic) bond motifs is 3. The molecule has 5 rings (SSSR count). The highest BCUT2D eigenvalue weighted by Crippen LogP contribution is 2.46. The van der Waals surface area contributed by atoms with Crippen molar-refractivity contribution in [3.05, 3.63) is 82.2 Å². The summed E-state index contributed by atoms with van der Waals surface area (Å²) in [4.78, 5) is 51.7. The number of rotatable bonds is 4. The highest BCUT2D eigenvalue weighted by molar-refractivity contribution is 6.24. The highest BCUT2D eigenvalue weighted by atomic mass is 19.1. The maximum absolute atomic E-state index is 13.5. The highest BCUT2D eigenvalue weighted by Gasteiger charge is 2.64. The molecule has 2 fully saturated rings. The van der Waals surface area contributed by atoms with E-state index < -0.39 is 52.3 Å². The standard InChI is InChI=1S/C22H15FN4O5/c23-13-6-8-14(9-7-13)25-21(29)17-16-5-2-10-24-26(16)19(18(17)22(25)30)20(28)12-3-1-4-15(11-12)27(31)32/h1-11,16-19H/t16-,17+,18+,19-/m0/s1. The molecule has 0 radical (unpaired) electrons. The van der Waals surface area contributed by atoms with Crippen molar-refractivity contribution in [3.63, 3.8) is 0 Å². The average Bonchev–Trinajstić information content (AvgIpc) is 3.27. The first kappa shape index (κ1) is 19.7. The Morgan fingerprint density at radius 3 is 2.50 bits per heavy atom. The van der Waals surface area contributed by atoms with E-state index in [4.69, 9.17) is 0 Å². The lowest BCUT2D eigenvalue weighted by atomic mass is 9.86. The van der Waals surface area contributed by atoms with Crippen LogP contribution in [0.15, 0.2) is 65.8 Å². The number of allylic oxidation sites excluding steroid dienone is 1. The molecule has 2 aromatic rings. The number of carbonyl (C=O) groups is 3. The molecule has 3 heterocycles. The molecule has 4 atom stereocenters. The van der Waals surface area contributed by atoms with Gasteiger partial charge < -0.3 is 0 Å². The Kier molecular flexibility index (Phi) is 4.43. The number of hydrogen-bond acceptors (Lipinski definition) is 7. The van der Waals surface area contributed by atoms with Gasteiger partial charge in [0.15, 0.2) is 5.78 Å². The molecule has 0 saturated carbocycles. The maximum atomic E-state index is 13.5. The number of ketones is 1. The minimum Gasteiger partial charge on any atom is -0.292 e. The van der Waals surface area contributed by atoms with Crippen LogP contribution in [0, 0.1) is 27.8 Å². The molecule has 2 saturated heterocycles. The molecule has 0 aromatic heterocycles. The molecule has 3 aliphatic rings. The fourth-order valence-electron chi connectivity index (χ4n) is 4.63. The first-order valence-electron chi connectivity index (χ1n) is 9.79. The number of nitrogens with zero attached hydrogens (tertiary/aromatic N) is 4. The van der Waals surface area contributed by atoms with Gasteiger partial charge in [0.05, 0.1) is 28.5 Å². The molecule has 32 heavy (non-hydrogen) atoms. The van der Waals surface area contributed by atoms with Crippen LogP contribution in [0.5, 0.6) is 0 Å². The molecule has 9 nitrogen and oxygen atoms in total. The van der Waals surface area contributed by atoms with Gasteiger partial charge in [-0.15, -0.1) is 0 Å². The molecule has 0 aliphatic carbocycles. The lowest BCUT2D eigenvalue weighted by Crippen LogP contribution is -2.46. The topological polar surface area (TPSA) is 113 Å². The molecule has 0 bridgehead atoms. The van der Waals surface area contributed by atoms with Crippen molar-refractivity contribution < 1.29 is 23.7 Å². The Morgan fingerprint density at radius 2 is 1.78 bits per heavy atom. The zero-order valence-corrected chi connectivity index (χ0v) is 16.4. The number of imide groups is 1. The number of hydrogen-bond donors (Lipinski definition) is 0. The molecule has 0 unspecified atom stereocenters. The molecule has 3 aliphatic heterocycles. The van der Waals surface area contributed by atoms with Crippen molar-refractivity contribution in [1.82, 2.24) is 5.01 Å². The first-order chi connectivity index (χ1) is 15.4. The quantitative estimate of drug-likeness (QED) is 0.316. The van der Waals surface area contributed by atoms with Gasteiger partial charge in [-0.1, -0.05) is 18.2 Å². The number of nitro groups is 1. The van der Waals surface area contributed by atoms with Gasteiger partial charge in [0.2, 0.25) is 11.8 Å². The van der Waals surface area contributed by atoms with Gasteiger partial charge in [-0.3, -0.25) is 29.5 Å². The number of halogens is 1. The number of carbonyl (C=O) groups excluding carboxylic acids is 3. The number of hydrazone groups is 1. The number of amides is 2. The van der Waals surface area contributed by atoms with E-state index in [0.717, 1.165) is 23.1 Å². The lowest BCUT2D eigenvalue weighted by molar-refractivity contribution is -0.384. The second-order valence-electron chi connectivity index (χ2n) is 7.68. The summed E-state index contributed by atoms with van der Waals surface area (Å²) in [7, 11) is 0. The summed E-state index contributed by atoms with van der Waals surface area (Å²) < 4.78 is 13.4. The van der Waals surface area contributed by atoms with Crippen LogP contribution in [0.1, 0.15) is 10.4 Å². The molecule has 160 valence electrons. The van der Waals surface area contributed by atoms with Crippen molar-refractivity contribution in [2.45, 2.75) is 12.1 Å². The Labute approximate surface area is 180 Å². The number of benzene rings is 2. The first-order valence-corrected chi connectivity index (χ1v) is 9.79. The maximum Gasteiger partial charge on any atom is 0.270 e. The van der Waals surface area contributed by atoms with E-state index in [9.17, 15) is 28.9 Å². The summed E-state index contributed by atoms with van der Waals surface area (Å²) in [6.45, 7) is 0. The smallest absolute Gasteiger partial charge is 0.270 e. The van der Waals surface area contributed by atoms with E-state index in [1.54, 1.807) is 12.2 Å². The molecular weight excluding hydrogens is 419 g/mol. The van der Waals surface area contributed by atoms with Gasteiger partial charge in [0.25, 0.3) is 5.69 Å². The Morgan fingerprint density at radius 1 is 1.06 bits per heavy atom. The summed E-state index contributed by atoms with van der Waals surface area (Å²) in [5.74, 6) is -4.05. The SMILES string of the molecule is O=C(c1cccc([N+](=O)[O-])c1)[C@@H]1[C@@H]2C(=O)N(c3ccc(F)cc3)C(=O)[C@@H]2[C@@H]2C=CC=NN12. The largest absolute Gasteiger partial charge is 0.292 e. The van der Waals surface area contributed by atoms with Crippen molar-refractivity contribution in [2.24, 2.45) is 16.9 Å². The van der Waals surface area contributed by atoms with Gasteiger partial charge in [0.1, 0.15) is 11.9 Å². The second-order valence-corrected chi connectivity index (χ2v) is 7.68. The Hall–Kier alpha value is -4.21.